The van der Waals surface area contributed by atoms with E-state index in [4.69, 9.17) is 21.4 Å². The van der Waals surface area contributed by atoms with Crippen molar-refractivity contribution in [2.24, 2.45) is 5.92 Å². The Balaban J connectivity index is 2.09. The Morgan fingerprint density at radius 2 is 2.12 bits per heavy atom. The molecule has 2 rings (SSSR count). The number of carbonyl (C=O) groups excluding carboxylic acids is 1. The summed E-state index contributed by atoms with van der Waals surface area (Å²) < 4.78 is 4.72. The third kappa shape index (κ3) is 2.42. The standard InChI is InChI=1S/C12H11ClO4/c13-12(11(15)16)7-9(10(14)17-12)6-8-4-2-1-3-5-8/h1-5,9H,6-7H2,(H,15,16). The SMILES string of the molecule is O=C1OC(Cl)(C(=O)O)CC1Cc1ccccc1. The lowest BCUT2D eigenvalue weighted by atomic mass is 9.96. The van der Waals surface area contributed by atoms with Crippen LogP contribution >= 0.6 is 11.6 Å². The topological polar surface area (TPSA) is 63.6 Å². The van der Waals surface area contributed by atoms with E-state index >= 15 is 0 Å². The summed E-state index contributed by atoms with van der Waals surface area (Å²) in [6.45, 7) is 0. The zero-order valence-corrected chi connectivity index (χ0v) is 9.68. The molecule has 0 aliphatic carbocycles. The molecule has 1 aromatic rings. The second-order valence-electron chi connectivity index (χ2n) is 4.05. The zero-order chi connectivity index (χ0) is 12.5. The molecule has 90 valence electrons. The lowest BCUT2D eigenvalue weighted by Crippen LogP contribution is -2.31. The van der Waals surface area contributed by atoms with Gasteiger partial charge in [0.05, 0.1) is 5.92 Å². The van der Waals surface area contributed by atoms with Crippen LogP contribution in [0.4, 0.5) is 0 Å². The maximum Gasteiger partial charge on any atom is 0.364 e. The van der Waals surface area contributed by atoms with E-state index in [0.29, 0.717) is 6.42 Å². The van der Waals surface area contributed by atoms with Crippen molar-refractivity contribution < 1.29 is 19.4 Å². The number of rotatable bonds is 3. The first-order valence-corrected chi connectivity index (χ1v) is 5.58. The molecule has 1 N–H and O–H groups in total. The van der Waals surface area contributed by atoms with Crippen LogP contribution in [0.2, 0.25) is 0 Å². The molecule has 0 saturated carbocycles. The number of benzene rings is 1. The lowest BCUT2D eigenvalue weighted by Gasteiger charge is -2.12. The molecule has 2 unspecified atom stereocenters. The highest BCUT2D eigenvalue weighted by Crippen LogP contribution is 2.36. The van der Waals surface area contributed by atoms with E-state index in [1.165, 1.54) is 0 Å². The van der Waals surface area contributed by atoms with Crippen molar-refractivity contribution in [1.29, 1.82) is 0 Å². The lowest BCUT2D eigenvalue weighted by molar-refractivity contribution is -0.161. The summed E-state index contributed by atoms with van der Waals surface area (Å²) in [6.07, 6.45) is 0.443. The minimum absolute atomic E-state index is 0.00236. The Morgan fingerprint density at radius 3 is 2.65 bits per heavy atom. The number of carboxylic acid groups (broad SMARTS) is 1. The number of hydrogen-bond donors (Lipinski definition) is 1. The minimum Gasteiger partial charge on any atom is -0.477 e. The summed E-state index contributed by atoms with van der Waals surface area (Å²) in [4.78, 5) is 22.4. The molecule has 1 heterocycles. The molecule has 0 aromatic heterocycles. The van der Waals surface area contributed by atoms with Gasteiger partial charge < -0.3 is 9.84 Å². The molecule has 0 radical (unpaired) electrons. The van der Waals surface area contributed by atoms with Crippen LogP contribution in [0.3, 0.4) is 0 Å². The van der Waals surface area contributed by atoms with Crippen LogP contribution < -0.4 is 0 Å². The van der Waals surface area contributed by atoms with Crippen molar-refractivity contribution in [2.75, 3.05) is 0 Å². The number of alkyl halides is 1. The maximum absolute atomic E-state index is 11.5. The summed E-state index contributed by atoms with van der Waals surface area (Å²) >= 11 is 5.72. The number of aliphatic carboxylic acids is 1. The summed E-state index contributed by atoms with van der Waals surface area (Å²) in [5, 5.41) is 6.97. The van der Waals surface area contributed by atoms with E-state index in [1.807, 2.05) is 30.3 Å². The van der Waals surface area contributed by atoms with Gasteiger partial charge in [-0.3, -0.25) is 4.79 Å². The molecule has 0 amide bonds. The van der Waals surface area contributed by atoms with E-state index in [0.717, 1.165) is 5.56 Å². The van der Waals surface area contributed by atoms with Gasteiger partial charge >= 0.3 is 11.9 Å². The van der Waals surface area contributed by atoms with Crippen LogP contribution in [0.25, 0.3) is 0 Å². The van der Waals surface area contributed by atoms with E-state index in [9.17, 15) is 9.59 Å². The van der Waals surface area contributed by atoms with Gasteiger partial charge in [-0.25, -0.2) is 4.79 Å². The van der Waals surface area contributed by atoms with Crippen LogP contribution in [-0.2, 0) is 20.7 Å². The maximum atomic E-state index is 11.5. The molecule has 1 fully saturated rings. The number of cyclic esters (lactones) is 1. The predicted molar refractivity (Wildman–Crippen MR) is 60.6 cm³/mol. The second kappa shape index (κ2) is 4.37. The van der Waals surface area contributed by atoms with Gasteiger partial charge in [-0.15, -0.1) is 0 Å². The quantitative estimate of drug-likeness (QED) is 0.660. The first-order valence-electron chi connectivity index (χ1n) is 5.20. The fourth-order valence-corrected chi connectivity index (χ4v) is 2.13. The molecular weight excluding hydrogens is 244 g/mol. The van der Waals surface area contributed by atoms with Crippen LogP contribution in [0.1, 0.15) is 12.0 Å². The predicted octanol–water partition coefficient (Wildman–Crippen LogP) is 1.81. The highest BCUT2D eigenvalue weighted by atomic mass is 35.5. The van der Waals surface area contributed by atoms with Crippen molar-refractivity contribution in [3.05, 3.63) is 35.9 Å². The Bertz CT molecular complexity index is 445. The molecule has 0 spiro atoms. The molecule has 4 nitrogen and oxygen atoms in total. The Morgan fingerprint density at radius 1 is 1.47 bits per heavy atom. The molecule has 5 heteroatoms. The molecule has 1 aliphatic rings. The average molecular weight is 255 g/mol. The molecule has 1 saturated heterocycles. The number of ether oxygens (including phenoxy) is 1. The van der Waals surface area contributed by atoms with E-state index in [2.05, 4.69) is 0 Å². The third-order valence-electron chi connectivity index (χ3n) is 2.75. The molecular formula is C12H11ClO4. The average Bonchev–Trinajstić information content (AvgIpc) is 2.57. The summed E-state index contributed by atoms with van der Waals surface area (Å²) in [5.41, 5.74) is 0.959. The van der Waals surface area contributed by atoms with Crippen molar-refractivity contribution in [1.82, 2.24) is 0 Å². The normalized spacial score (nSPS) is 27.8. The highest BCUT2D eigenvalue weighted by Gasteiger charge is 2.51. The number of halogens is 1. The monoisotopic (exact) mass is 254 g/mol. The third-order valence-corrected chi connectivity index (χ3v) is 3.14. The zero-order valence-electron chi connectivity index (χ0n) is 8.93. The van der Waals surface area contributed by atoms with Crippen LogP contribution in [-0.4, -0.2) is 22.1 Å². The van der Waals surface area contributed by atoms with Crippen LogP contribution in [0.15, 0.2) is 30.3 Å². The van der Waals surface area contributed by atoms with Gasteiger partial charge in [-0.2, -0.15) is 0 Å². The van der Waals surface area contributed by atoms with Crippen LogP contribution in [0, 0.1) is 5.92 Å². The van der Waals surface area contributed by atoms with Gasteiger partial charge in [0.15, 0.2) is 0 Å². The first kappa shape index (κ1) is 11.9. The Kier molecular flexibility index (Phi) is 3.07. The van der Waals surface area contributed by atoms with E-state index in [-0.39, 0.29) is 6.42 Å². The Hall–Kier alpha value is -1.55. The van der Waals surface area contributed by atoms with E-state index < -0.39 is 22.9 Å². The van der Waals surface area contributed by atoms with Crippen molar-refractivity contribution >= 4 is 23.5 Å². The fourth-order valence-electron chi connectivity index (χ4n) is 1.87. The van der Waals surface area contributed by atoms with Gasteiger partial charge in [-0.05, 0) is 12.0 Å². The van der Waals surface area contributed by atoms with Gasteiger partial charge in [-0.1, -0.05) is 41.9 Å². The smallest absolute Gasteiger partial charge is 0.364 e. The fraction of sp³-hybridized carbons (Fsp3) is 0.333. The largest absolute Gasteiger partial charge is 0.477 e. The number of esters is 1. The molecule has 2 atom stereocenters. The Labute approximate surface area is 103 Å². The summed E-state index contributed by atoms with van der Waals surface area (Å²) in [6, 6.07) is 9.35. The number of hydrogen-bond acceptors (Lipinski definition) is 3. The van der Waals surface area contributed by atoms with Crippen molar-refractivity contribution in [2.45, 2.75) is 17.9 Å². The van der Waals surface area contributed by atoms with E-state index in [1.54, 1.807) is 0 Å². The number of carboxylic acids is 1. The van der Waals surface area contributed by atoms with Crippen molar-refractivity contribution in [3.63, 3.8) is 0 Å². The molecule has 17 heavy (non-hydrogen) atoms. The van der Waals surface area contributed by atoms with Crippen LogP contribution in [0.5, 0.6) is 0 Å². The first-order chi connectivity index (χ1) is 8.01. The molecule has 1 aromatic carbocycles. The molecule has 1 aliphatic heterocycles. The van der Waals surface area contributed by atoms with Gasteiger partial charge in [0.1, 0.15) is 0 Å². The second-order valence-corrected chi connectivity index (χ2v) is 4.66. The highest BCUT2D eigenvalue weighted by molar-refractivity contribution is 6.33. The molecule has 0 bridgehead atoms. The van der Waals surface area contributed by atoms with Gasteiger partial charge in [0, 0.05) is 6.42 Å². The summed E-state index contributed by atoms with van der Waals surface area (Å²) in [5.74, 6) is -2.36. The van der Waals surface area contributed by atoms with Gasteiger partial charge in [0.25, 0.3) is 5.06 Å². The van der Waals surface area contributed by atoms with Gasteiger partial charge in [0.2, 0.25) is 0 Å². The summed E-state index contributed by atoms with van der Waals surface area (Å²) in [7, 11) is 0. The number of carbonyl (C=O) groups is 2. The van der Waals surface area contributed by atoms with Crippen molar-refractivity contribution in [3.8, 4) is 0 Å². The minimum atomic E-state index is -1.89.